The molecule has 0 atom stereocenters. The second-order valence-electron chi connectivity index (χ2n) is 2.20. The first-order valence-corrected chi connectivity index (χ1v) is 3.84. The largest absolute Gasteiger partial charge is 0.320 e. The van der Waals surface area contributed by atoms with E-state index in [2.05, 4.69) is 17.3 Å². The third-order valence-corrected chi connectivity index (χ3v) is 1.24. The normalized spacial score (nSPS) is 10.9. The average molecular weight is 149 g/mol. The second-order valence-corrected chi connectivity index (χ2v) is 2.20. The zero-order chi connectivity index (χ0) is 8.36. The molecule has 0 aliphatic heterocycles. The standard InChI is InChI=1S/C10H15N/c1-3-4-5-6-7-8-9-10-11-2/h1,4-7,11H,8-10H2,2H3/b5-4-,7-6-. The first-order chi connectivity index (χ1) is 5.41. The topological polar surface area (TPSA) is 12.0 Å². The molecule has 0 heterocycles. The van der Waals surface area contributed by atoms with E-state index in [1.807, 2.05) is 19.2 Å². The molecule has 0 aromatic rings. The van der Waals surface area contributed by atoms with Gasteiger partial charge in [-0.05, 0) is 32.5 Å². The fourth-order valence-electron chi connectivity index (χ4n) is 0.683. The molecule has 0 spiro atoms. The Morgan fingerprint density at radius 3 is 2.91 bits per heavy atom. The Morgan fingerprint density at radius 2 is 2.27 bits per heavy atom. The lowest BCUT2D eigenvalue weighted by molar-refractivity contribution is 0.735. The van der Waals surface area contributed by atoms with E-state index in [1.54, 1.807) is 6.08 Å². The molecule has 0 rings (SSSR count). The van der Waals surface area contributed by atoms with Gasteiger partial charge < -0.3 is 5.32 Å². The lowest BCUT2D eigenvalue weighted by Crippen LogP contribution is -2.06. The molecule has 0 aromatic carbocycles. The lowest BCUT2D eigenvalue weighted by atomic mass is 10.3. The molecule has 1 nitrogen and oxygen atoms in total. The van der Waals surface area contributed by atoms with Gasteiger partial charge in [0.05, 0.1) is 0 Å². The molecule has 0 bridgehead atoms. The van der Waals surface area contributed by atoms with E-state index < -0.39 is 0 Å². The quantitative estimate of drug-likeness (QED) is 0.356. The van der Waals surface area contributed by atoms with Crippen LogP contribution in [0, 0.1) is 12.3 Å². The van der Waals surface area contributed by atoms with Crippen molar-refractivity contribution in [3.8, 4) is 12.3 Å². The number of hydrogen-bond acceptors (Lipinski definition) is 1. The summed E-state index contributed by atoms with van der Waals surface area (Å²) in [5, 5.41) is 3.09. The molecule has 1 N–H and O–H groups in total. The summed E-state index contributed by atoms with van der Waals surface area (Å²) in [4.78, 5) is 0. The van der Waals surface area contributed by atoms with Crippen molar-refractivity contribution in [2.75, 3.05) is 13.6 Å². The van der Waals surface area contributed by atoms with Crippen LogP contribution in [0.4, 0.5) is 0 Å². The molecule has 0 aliphatic carbocycles. The molecule has 1 heteroatoms. The Morgan fingerprint density at radius 1 is 1.45 bits per heavy atom. The van der Waals surface area contributed by atoms with Crippen LogP contribution in [0.1, 0.15) is 12.8 Å². The minimum absolute atomic E-state index is 1.07. The highest BCUT2D eigenvalue weighted by Crippen LogP contribution is 1.88. The van der Waals surface area contributed by atoms with E-state index in [4.69, 9.17) is 6.42 Å². The van der Waals surface area contributed by atoms with Gasteiger partial charge in [-0.25, -0.2) is 0 Å². The number of nitrogens with one attached hydrogen (secondary N) is 1. The number of allylic oxidation sites excluding steroid dienone is 4. The first kappa shape index (κ1) is 10.0. The fraction of sp³-hybridized carbons (Fsp3) is 0.400. The zero-order valence-corrected chi connectivity index (χ0v) is 7.01. The van der Waals surface area contributed by atoms with Gasteiger partial charge in [-0.3, -0.25) is 0 Å². The Hall–Kier alpha value is -1.00. The first-order valence-electron chi connectivity index (χ1n) is 3.84. The highest BCUT2D eigenvalue weighted by Gasteiger charge is 1.77. The molecule has 0 saturated carbocycles. The highest BCUT2D eigenvalue weighted by molar-refractivity contribution is 5.15. The van der Waals surface area contributed by atoms with Crippen molar-refractivity contribution in [2.45, 2.75) is 12.8 Å². The van der Waals surface area contributed by atoms with Gasteiger partial charge in [0, 0.05) is 0 Å². The van der Waals surface area contributed by atoms with Crippen molar-refractivity contribution in [2.24, 2.45) is 0 Å². The molecular weight excluding hydrogens is 134 g/mol. The zero-order valence-electron chi connectivity index (χ0n) is 7.01. The van der Waals surface area contributed by atoms with Crippen molar-refractivity contribution in [1.82, 2.24) is 5.32 Å². The van der Waals surface area contributed by atoms with E-state index in [1.165, 1.54) is 6.42 Å². The highest BCUT2D eigenvalue weighted by atomic mass is 14.8. The minimum atomic E-state index is 1.07. The van der Waals surface area contributed by atoms with Crippen LogP contribution < -0.4 is 5.32 Å². The SMILES string of the molecule is C#C/C=C\C=C/CCCNC. The predicted molar refractivity (Wildman–Crippen MR) is 50.3 cm³/mol. The van der Waals surface area contributed by atoms with Crippen LogP contribution in [0.3, 0.4) is 0 Å². The van der Waals surface area contributed by atoms with Crippen LogP contribution in [0.2, 0.25) is 0 Å². The summed E-state index contributed by atoms with van der Waals surface area (Å²) in [5.74, 6) is 2.43. The molecular formula is C10H15N. The Balaban J connectivity index is 3.18. The number of terminal acetylenes is 1. The Labute approximate surface area is 69.2 Å². The molecule has 0 amide bonds. The summed E-state index contributed by atoms with van der Waals surface area (Å²) < 4.78 is 0. The van der Waals surface area contributed by atoms with Gasteiger partial charge in [-0.1, -0.05) is 24.1 Å². The summed E-state index contributed by atoms with van der Waals surface area (Å²) in [6.45, 7) is 1.07. The molecule has 60 valence electrons. The van der Waals surface area contributed by atoms with Gasteiger partial charge in [0.1, 0.15) is 0 Å². The fourth-order valence-corrected chi connectivity index (χ4v) is 0.683. The average Bonchev–Trinajstić information content (AvgIpc) is 2.03. The van der Waals surface area contributed by atoms with Crippen LogP contribution in [-0.2, 0) is 0 Å². The maximum absolute atomic E-state index is 5.01. The van der Waals surface area contributed by atoms with Crippen LogP contribution in [0.5, 0.6) is 0 Å². The van der Waals surface area contributed by atoms with Gasteiger partial charge >= 0.3 is 0 Å². The van der Waals surface area contributed by atoms with Crippen molar-refractivity contribution in [1.29, 1.82) is 0 Å². The molecule has 0 aromatic heterocycles. The van der Waals surface area contributed by atoms with Crippen molar-refractivity contribution in [3.63, 3.8) is 0 Å². The van der Waals surface area contributed by atoms with E-state index in [9.17, 15) is 0 Å². The second kappa shape index (κ2) is 9.00. The third kappa shape index (κ3) is 9.00. The van der Waals surface area contributed by atoms with Crippen LogP contribution in [-0.4, -0.2) is 13.6 Å². The van der Waals surface area contributed by atoms with Crippen molar-refractivity contribution < 1.29 is 0 Å². The van der Waals surface area contributed by atoms with Crippen molar-refractivity contribution in [3.05, 3.63) is 24.3 Å². The lowest BCUT2D eigenvalue weighted by Gasteiger charge is -1.92. The summed E-state index contributed by atoms with van der Waals surface area (Å²) in [7, 11) is 1.96. The Bertz CT molecular complexity index is 160. The van der Waals surface area contributed by atoms with Gasteiger partial charge in [0.2, 0.25) is 0 Å². The van der Waals surface area contributed by atoms with E-state index in [-0.39, 0.29) is 0 Å². The molecule has 0 radical (unpaired) electrons. The van der Waals surface area contributed by atoms with Crippen LogP contribution in [0.15, 0.2) is 24.3 Å². The Kier molecular flexibility index (Phi) is 8.18. The van der Waals surface area contributed by atoms with E-state index in [0.717, 1.165) is 13.0 Å². The van der Waals surface area contributed by atoms with Crippen molar-refractivity contribution >= 4 is 0 Å². The molecule has 0 aliphatic rings. The van der Waals surface area contributed by atoms with Crippen LogP contribution >= 0.6 is 0 Å². The molecule has 0 saturated heterocycles. The van der Waals surface area contributed by atoms with Gasteiger partial charge in [0.25, 0.3) is 0 Å². The van der Waals surface area contributed by atoms with Gasteiger partial charge in [0.15, 0.2) is 0 Å². The monoisotopic (exact) mass is 149 g/mol. The number of unbranched alkanes of at least 4 members (excludes halogenated alkanes) is 1. The van der Waals surface area contributed by atoms with E-state index in [0.29, 0.717) is 0 Å². The third-order valence-electron chi connectivity index (χ3n) is 1.24. The van der Waals surface area contributed by atoms with Crippen LogP contribution in [0.25, 0.3) is 0 Å². The van der Waals surface area contributed by atoms with E-state index >= 15 is 0 Å². The summed E-state index contributed by atoms with van der Waals surface area (Å²) in [6.07, 6.45) is 15.0. The van der Waals surface area contributed by atoms with Gasteiger partial charge in [-0.15, -0.1) is 6.42 Å². The summed E-state index contributed by atoms with van der Waals surface area (Å²) in [6, 6.07) is 0. The maximum Gasteiger partial charge on any atom is -0.00490 e. The number of hydrogen-bond donors (Lipinski definition) is 1. The summed E-state index contributed by atoms with van der Waals surface area (Å²) in [5.41, 5.74) is 0. The maximum atomic E-state index is 5.01. The predicted octanol–water partition coefficient (Wildman–Crippen LogP) is 1.73. The smallest absolute Gasteiger partial charge is 0.00490 e. The number of rotatable bonds is 5. The molecule has 0 unspecified atom stereocenters. The molecule has 0 fully saturated rings. The molecule has 11 heavy (non-hydrogen) atoms. The van der Waals surface area contributed by atoms with Gasteiger partial charge in [-0.2, -0.15) is 0 Å². The minimum Gasteiger partial charge on any atom is -0.320 e. The summed E-state index contributed by atoms with van der Waals surface area (Å²) >= 11 is 0.